The van der Waals surface area contributed by atoms with Crippen molar-refractivity contribution in [2.24, 2.45) is 0 Å². The lowest BCUT2D eigenvalue weighted by Gasteiger charge is -2.06. The Morgan fingerprint density at radius 3 is 2.76 bits per heavy atom. The molecule has 2 N–H and O–H groups in total. The highest BCUT2D eigenvalue weighted by molar-refractivity contribution is 6.35. The number of benzene rings is 1. The highest BCUT2D eigenvalue weighted by atomic mass is 35.5. The van der Waals surface area contributed by atoms with Crippen molar-refractivity contribution >= 4 is 29.1 Å². The summed E-state index contributed by atoms with van der Waals surface area (Å²) in [5.41, 5.74) is 6.14. The van der Waals surface area contributed by atoms with Crippen LogP contribution in [-0.2, 0) is 6.42 Å². The molecule has 0 unspecified atom stereocenters. The first kappa shape index (κ1) is 12.1. The maximum atomic E-state index is 5.95. The van der Waals surface area contributed by atoms with Crippen LogP contribution < -0.4 is 10.5 Å². The van der Waals surface area contributed by atoms with E-state index in [0.29, 0.717) is 34.7 Å². The predicted octanol–water partition coefficient (Wildman–Crippen LogP) is 3.19. The molecule has 6 heteroatoms. The molecule has 1 heterocycles. The first-order valence-electron chi connectivity index (χ1n) is 4.94. The van der Waals surface area contributed by atoms with Gasteiger partial charge in [-0.1, -0.05) is 28.4 Å². The van der Waals surface area contributed by atoms with Gasteiger partial charge in [0, 0.05) is 17.5 Å². The van der Waals surface area contributed by atoms with Crippen molar-refractivity contribution in [1.29, 1.82) is 0 Å². The lowest BCUT2D eigenvalue weighted by atomic mass is 10.3. The largest absolute Gasteiger partial charge is 0.492 e. The zero-order valence-corrected chi connectivity index (χ0v) is 10.3. The van der Waals surface area contributed by atoms with Crippen LogP contribution in [0.3, 0.4) is 0 Å². The summed E-state index contributed by atoms with van der Waals surface area (Å²) in [4.78, 5) is 0. The third-order valence-corrected chi connectivity index (χ3v) is 2.62. The fourth-order valence-corrected chi connectivity index (χ4v) is 1.77. The predicted molar refractivity (Wildman–Crippen MR) is 66.6 cm³/mol. The van der Waals surface area contributed by atoms with Gasteiger partial charge in [-0.05, 0) is 18.2 Å². The van der Waals surface area contributed by atoms with Crippen LogP contribution in [0.15, 0.2) is 28.8 Å². The Labute approximate surface area is 108 Å². The van der Waals surface area contributed by atoms with E-state index in [0.717, 1.165) is 5.69 Å². The third kappa shape index (κ3) is 3.28. The molecular weight excluding hydrogens is 263 g/mol. The molecule has 1 aromatic heterocycles. The van der Waals surface area contributed by atoms with Crippen molar-refractivity contribution in [3.05, 3.63) is 40.0 Å². The molecule has 0 aliphatic heterocycles. The van der Waals surface area contributed by atoms with E-state index in [1.807, 2.05) is 0 Å². The zero-order valence-electron chi connectivity index (χ0n) is 8.82. The van der Waals surface area contributed by atoms with Crippen molar-refractivity contribution in [2.45, 2.75) is 6.42 Å². The molecule has 0 saturated heterocycles. The Morgan fingerprint density at radius 2 is 2.12 bits per heavy atom. The van der Waals surface area contributed by atoms with E-state index in [-0.39, 0.29) is 0 Å². The smallest absolute Gasteiger partial charge is 0.222 e. The van der Waals surface area contributed by atoms with E-state index >= 15 is 0 Å². The highest BCUT2D eigenvalue weighted by Crippen LogP contribution is 2.27. The molecule has 0 fully saturated rings. The van der Waals surface area contributed by atoms with Gasteiger partial charge >= 0.3 is 0 Å². The van der Waals surface area contributed by atoms with E-state index in [1.54, 1.807) is 24.3 Å². The minimum absolute atomic E-state index is 0.296. The highest BCUT2D eigenvalue weighted by Gasteiger charge is 2.04. The molecule has 0 aliphatic carbocycles. The molecule has 0 bridgehead atoms. The number of ether oxygens (including phenoxy) is 1. The summed E-state index contributed by atoms with van der Waals surface area (Å²) < 4.78 is 10.2. The minimum atomic E-state index is 0.296. The summed E-state index contributed by atoms with van der Waals surface area (Å²) in [6.07, 6.45) is 0.597. The van der Waals surface area contributed by atoms with Gasteiger partial charge in [-0.3, -0.25) is 0 Å². The van der Waals surface area contributed by atoms with Gasteiger partial charge in [-0.2, -0.15) is 0 Å². The SMILES string of the molecule is Nc1cc(CCOc2ccc(Cl)cc2Cl)no1. The lowest BCUT2D eigenvalue weighted by Crippen LogP contribution is -2.01. The fraction of sp³-hybridized carbons (Fsp3) is 0.182. The summed E-state index contributed by atoms with van der Waals surface area (Å²) >= 11 is 11.7. The van der Waals surface area contributed by atoms with Crippen molar-refractivity contribution in [3.63, 3.8) is 0 Å². The number of nitrogen functional groups attached to an aromatic ring is 1. The normalized spacial score (nSPS) is 10.5. The summed E-state index contributed by atoms with van der Waals surface area (Å²) in [6.45, 7) is 0.438. The van der Waals surface area contributed by atoms with E-state index in [1.165, 1.54) is 0 Å². The Hall–Kier alpha value is -1.39. The van der Waals surface area contributed by atoms with E-state index in [2.05, 4.69) is 5.16 Å². The van der Waals surface area contributed by atoms with Gasteiger partial charge in [0.2, 0.25) is 5.88 Å². The molecule has 0 radical (unpaired) electrons. The molecule has 1 aromatic carbocycles. The number of anilines is 1. The average Bonchev–Trinajstić information content (AvgIpc) is 2.68. The Bertz CT molecular complexity index is 514. The van der Waals surface area contributed by atoms with Crippen LogP contribution in [0.1, 0.15) is 5.69 Å². The first-order chi connectivity index (χ1) is 8.15. The molecule has 0 saturated carbocycles. The molecular formula is C11H10Cl2N2O2. The minimum Gasteiger partial charge on any atom is -0.492 e. The number of hydrogen-bond donors (Lipinski definition) is 1. The molecule has 4 nitrogen and oxygen atoms in total. The van der Waals surface area contributed by atoms with E-state index in [9.17, 15) is 0 Å². The number of nitrogens with zero attached hydrogens (tertiary/aromatic N) is 1. The maximum absolute atomic E-state index is 5.95. The molecule has 0 aliphatic rings. The summed E-state index contributed by atoms with van der Waals surface area (Å²) in [7, 11) is 0. The van der Waals surface area contributed by atoms with Gasteiger partial charge in [0.05, 0.1) is 17.3 Å². The number of hydrogen-bond acceptors (Lipinski definition) is 4. The second-order valence-electron chi connectivity index (χ2n) is 3.39. The van der Waals surface area contributed by atoms with Crippen molar-refractivity contribution in [1.82, 2.24) is 5.16 Å². The Morgan fingerprint density at radius 1 is 1.29 bits per heavy atom. The summed E-state index contributed by atoms with van der Waals surface area (Å²) in [6, 6.07) is 6.73. The van der Waals surface area contributed by atoms with Crippen molar-refractivity contribution in [2.75, 3.05) is 12.3 Å². The summed E-state index contributed by atoms with van der Waals surface area (Å²) in [5.74, 6) is 0.886. The van der Waals surface area contributed by atoms with Gasteiger partial charge in [0.1, 0.15) is 5.75 Å². The van der Waals surface area contributed by atoms with Crippen molar-refractivity contribution < 1.29 is 9.26 Å². The van der Waals surface area contributed by atoms with Gasteiger partial charge in [-0.25, -0.2) is 0 Å². The van der Waals surface area contributed by atoms with Crippen LogP contribution in [0.2, 0.25) is 10.0 Å². The third-order valence-electron chi connectivity index (χ3n) is 2.09. The standard InChI is InChI=1S/C11H10Cl2N2O2/c12-7-1-2-10(9(13)5-7)16-4-3-8-6-11(14)17-15-8/h1-2,5-6H,3-4,14H2. The van der Waals surface area contributed by atoms with Crippen LogP contribution in [0.5, 0.6) is 5.75 Å². The molecule has 0 amide bonds. The first-order valence-corrected chi connectivity index (χ1v) is 5.69. The number of halogens is 2. The van der Waals surface area contributed by atoms with Gasteiger partial charge in [0.25, 0.3) is 0 Å². The maximum Gasteiger partial charge on any atom is 0.222 e. The van der Waals surface area contributed by atoms with Crippen LogP contribution >= 0.6 is 23.2 Å². The van der Waals surface area contributed by atoms with E-state index in [4.69, 9.17) is 38.2 Å². The second kappa shape index (κ2) is 5.29. The molecule has 90 valence electrons. The lowest BCUT2D eigenvalue weighted by molar-refractivity contribution is 0.316. The Kier molecular flexibility index (Phi) is 3.76. The zero-order chi connectivity index (χ0) is 12.3. The molecule has 2 rings (SSSR count). The molecule has 0 atom stereocenters. The molecule has 0 spiro atoms. The topological polar surface area (TPSA) is 61.3 Å². The number of nitrogens with two attached hydrogens (primary N) is 1. The van der Waals surface area contributed by atoms with Gasteiger partial charge < -0.3 is 15.0 Å². The molecule has 2 aromatic rings. The number of rotatable bonds is 4. The second-order valence-corrected chi connectivity index (χ2v) is 4.24. The fourth-order valence-electron chi connectivity index (χ4n) is 1.30. The van der Waals surface area contributed by atoms with Crippen LogP contribution in [0.4, 0.5) is 5.88 Å². The molecule has 17 heavy (non-hydrogen) atoms. The van der Waals surface area contributed by atoms with E-state index < -0.39 is 0 Å². The van der Waals surface area contributed by atoms with Gasteiger partial charge in [-0.15, -0.1) is 0 Å². The van der Waals surface area contributed by atoms with Crippen LogP contribution in [0.25, 0.3) is 0 Å². The monoisotopic (exact) mass is 272 g/mol. The quantitative estimate of drug-likeness (QED) is 0.929. The summed E-state index contributed by atoms with van der Waals surface area (Å²) in [5, 5.41) is 4.81. The van der Waals surface area contributed by atoms with Crippen LogP contribution in [-0.4, -0.2) is 11.8 Å². The number of aromatic nitrogens is 1. The Balaban J connectivity index is 1.90. The van der Waals surface area contributed by atoms with Crippen molar-refractivity contribution in [3.8, 4) is 5.75 Å². The van der Waals surface area contributed by atoms with Crippen LogP contribution in [0, 0.1) is 0 Å². The average molecular weight is 273 g/mol. The van der Waals surface area contributed by atoms with Gasteiger partial charge in [0.15, 0.2) is 0 Å².